The quantitative estimate of drug-likeness (QED) is 0.882. The third-order valence-corrected chi connectivity index (χ3v) is 3.57. The molecule has 0 bridgehead atoms. The maximum absolute atomic E-state index is 13.0. The van der Waals surface area contributed by atoms with Gasteiger partial charge in [-0.15, -0.1) is 0 Å². The summed E-state index contributed by atoms with van der Waals surface area (Å²) in [6.07, 6.45) is -1.56. The fraction of sp³-hybridized carbons (Fsp3) is 0.500. The second kappa shape index (κ2) is 4.98. The van der Waals surface area contributed by atoms with Gasteiger partial charge in [-0.25, -0.2) is 0 Å². The van der Waals surface area contributed by atoms with Crippen molar-refractivity contribution in [3.63, 3.8) is 0 Å². The van der Waals surface area contributed by atoms with Gasteiger partial charge in [-0.3, -0.25) is 5.32 Å². The van der Waals surface area contributed by atoms with Crippen molar-refractivity contribution in [3.05, 3.63) is 34.3 Å². The highest BCUT2D eigenvalue weighted by Gasteiger charge is 2.42. The van der Waals surface area contributed by atoms with E-state index in [1.54, 1.807) is 12.1 Å². The summed E-state index contributed by atoms with van der Waals surface area (Å²) < 4.78 is 39.6. The Morgan fingerprint density at radius 2 is 1.76 bits per heavy atom. The monoisotopic (exact) mass is 307 g/mol. The van der Waals surface area contributed by atoms with Gasteiger partial charge in [0, 0.05) is 10.5 Å². The van der Waals surface area contributed by atoms with Crippen molar-refractivity contribution in [1.82, 2.24) is 5.32 Å². The average molecular weight is 308 g/mol. The molecule has 1 aromatic rings. The van der Waals surface area contributed by atoms with Gasteiger partial charge in [0.05, 0.1) is 0 Å². The van der Waals surface area contributed by atoms with Crippen LogP contribution in [0.4, 0.5) is 13.2 Å². The Bertz CT molecular complexity index is 370. The molecule has 2 rings (SSSR count). The maximum Gasteiger partial charge on any atom is 0.407 e. The Morgan fingerprint density at radius 1 is 1.18 bits per heavy atom. The van der Waals surface area contributed by atoms with Crippen LogP contribution in [0.3, 0.4) is 0 Å². The lowest BCUT2D eigenvalue weighted by atomic mass is 9.91. The molecule has 17 heavy (non-hydrogen) atoms. The van der Waals surface area contributed by atoms with E-state index in [9.17, 15) is 13.2 Å². The van der Waals surface area contributed by atoms with Crippen LogP contribution in [0.5, 0.6) is 0 Å². The molecule has 1 nitrogen and oxygen atoms in total. The minimum atomic E-state index is -4.25. The molecule has 1 aliphatic rings. The van der Waals surface area contributed by atoms with Crippen molar-refractivity contribution in [1.29, 1.82) is 0 Å². The van der Waals surface area contributed by atoms with E-state index in [2.05, 4.69) is 21.2 Å². The van der Waals surface area contributed by atoms with Gasteiger partial charge in [0.15, 0.2) is 0 Å². The molecule has 5 heteroatoms. The molecule has 1 aromatic carbocycles. The molecule has 0 radical (unpaired) electrons. The zero-order valence-electron chi connectivity index (χ0n) is 9.10. The minimum Gasteiger partial charge on any atom is -0.300 e. The van der Waals surface area contributed by atoms with Gasteiger partial charge in [0.1, 0.15) is 6.04 Å². The molecular formula is C12H13BrF3N. The summed E-state index contributed by atoms with van der Waals surface area (Å²) >= 11 is 3.22. The minimum absolute atomic E-state index is 0.00488. The molecule has 94 valence electrons. The van der Waals surface area contributed by atoms with Crippen molar-refractivity contribution in [3.8, 4) is 0 Å². The Hall–Kier alpha value is -0.550. The predicted molar refractivity (Wildman–Crippen MR) is 63.7 cm³/mol. The van der Waals surface area contributed by atoms with Crippen LogP contribution in [0.15, 0.2) is 28.7 Å². The predicted octanol–water partition coefficient (Wildman–Crippen LogP) is 4.19. The zero-order chi connectivity index (χ0) is 12.5. The molecule has 1 aliphatic carbocycles. The van der Waals surface area contributed by atoms with Crippen molar-refractivity contribution in [2.75, 3.05) is 0 Å². The summed E-state index contributed by atoms with van der Waals surface area (Å²) in [5.74, 6) is 0. The van der Waals surface area contributed by atoms with Crippen molar-refractivity contribution < 1.29 is 13.2 Å². The van der Waals surface area contributed by atoms with Crippen molar-refractivity contribution >= 4 is 15.9 Å². The average Bonchev–Trinajstić information content (AvgIpc) is 2.16. The van der Waals surface area contributed by atoms with Crippen LogP contribution in [0.2, 0.25) is 0 Å². The number of alkyl halides is 3. The number of rotatable bonds is 3. The van der Waals surface area contributed by atoms with Crippen molar-refractivity contribution in [2.24, 2.45) is 0 Å². The molecule has 1 unspecified atom stereocenters. The molecule has 1 N–H and O–H groups in total. The van der Waals surface area contributed by atoms with Gasteiger partial charge >= 0.3 is 6.18 Å². The van der Waals surface area contributed by atoms with Crippen LogP contribution in [0, 0.1) is 0 Å². The van der Waals surface area contributed by atoms with Crippen LogP contribution in [0.1, 0.15) is 30.9 Å². The molecule has 0 heterocycles. The normalized spacial score (nSPS) is 18.8. The molecule has 1 fully saturated rings. The Balaban J connectivity index is 2.16. The largest absolute Gasteiger partial charge is 0.407 e. The lowest BCUT2D eigenvalue weighted by molar-refractivity contribution is -0.161. The smallest absolute Gasteiger partial charge is 0.300 e. The number of halogens is 4. The van der Waals surface area contributed by atoms with Crippen LogP contribution in [0.25, 0.3) is 0 Å². The van der Waals surface area contributed by atoms with Crippen molar-refractivity contribution in [2.45, 2.75) is 37.5 Å². The lowest BCUT2D eigenvalue weighted by Gasteiger charge is -2.32. The Kier molecular flexibility index (Phi) is 3.78. The number of nitrogens with one attached hydrogen (secondary N) is 1. The molecule has 0 saturated heterocycles. The number of hydrogen-bond acceptors (Lipinski definition) is 1. The van der Waals surface area contributed by atoms with E-state index < -0.39 is 12.2 Å². The third kappa shape index (κ3) is 3.22. The van der Waals surface area contributed by atoms with E-state index in [1.807, 2.05) is 0 Å². The maximum atomic E-state index is 13.0. The molecule has 1 atom stereocenters. The summed E-state index contributed by atoms with van der Waals surface area (Å²) in [5.41, 5.74) is 0.271. The summed E-state index contributed by atoms with van der Waals surface area (Å²) in [6, 6.07) is 4.74. The second-order valence-corrected chi connectivity index (χ2v) is 5.24. The van der Waals surface area contributed by atoms with Crippen LogP contribution in [-0.4, -0.2) is 12.2 Å². The fourth-order valence-corrected chi connectivity index (χ4v) is 2.11. The SMILES string of the molecule is FC(F)(F)C(NC1CCC1)c1ccc(Br)cc1. The van der Waals surface area contributed by atoms with E-state index in [4.69, 9.17) is 0 Å². The lowest BCUT2D eigenvalue weighted by Crippen LogP contribution is -2.43. The van der Waals surface area contributed by atoms with Gasteiger partial charge in [-0.05, 0) is 30.5 Å². The highest BCUT2D eigenvalue weighted by Crippen LogP contribution is 2.35. The van der Waals surface area contributed by atoms with Gasteiger partial charge in [-0.2, -0.15) is 13.2 Å². The molecular weight excluding hydrogens is 295 g/mol. The van der Waals surface area contributed by atoms with Gasteiger partial charge in [0.2, 0.25) is 0 Å². The summed E-state index contributed by atoms with van der Waals surface area (Å²) in [7, 11) is 0. The van der Waals surface area contributed by atoms with Crippen LogP contribution in [-0.2, 0) is 0 Å². The van der Waals surface area contributed by atoms with Crippen LogP contribution >= 0.6 is 15.9 Å². The zero-order valence-corrected chi connectivity index (χ0v) is 10.7. The third-order valence-electron chi connectivity index (χ3n) is 3.04. The molecule has 0 amide bonds. The first-order chi connectivity index (χ1) is 7.97. The first-order valence-corrected chi connectivity index (χ1v) is 6.34. The van der Waals surface area contributed by atoms with Gasteiger partial charge < -0.3 is 0 Å². The summed E-state index contributed by atoms with van der Waals surface area (Å²) in [5, 5.41) is 2.69. The topological polar surface area (TPSA) is 12.0 Å². The Morgan fingerprint density at radius 3 is 2.18 bits per heavy atom. The highest BCUT2D eigenvalue weighted by atomic mass is 79.9. The number of hydrogen-bond donors (Lipinski definition) is 1. The molecule has 0 aliphatic heterocycles. The summed E-state index contributed by atoms with van der Waals surface area (Å²) in [6.45, 7) is 0. The molecule has 0 spiro atoms. The van der Waals surface area contributed by atoms with E-state index in [1.165, 1.54) is 12.1 Å². The molecule has 1 saturated carbocycles. The first-order valence-electron chi connectivity index (χ1n) is 5.55. The highest BCUT2D eigenvalue weighted by molar-refractivity contribution is 9.10. The van der Waals surface area contributed by atoms with E-state index in [0.717, 1.165) is 23.7 Å². The summed E-state index contributed by atoms with van der Waals surface area (Å²) in [4.78, 5) is 0. The molecule has 0 aromatic heterocycles. The van der Waals surface area contributed by atoms with Gasteiger partial charge in [0.25, 0.3) is 0 Å². The fourth-order valence-electron chi connectivity index (χ4n) is 1.85. The first kappa shape index (κ1) is 12.9. The number of benzene rings is 1. The van der Waals surface area contributed by atoms with Gasteiger partial charge in [-0.1, -0.05) is 34.5 Å². The van der Waals surface area contributed by atoms with Crippen LogP contribution < -0.4 is 5.32 Å². The van der Waals surface area contributed by atoms with E-state index in [-0.39, 0.29) is 11.6 Å². The standard InChI is InChI=1S/C12H13BrF3N/c13-9-6-4-8(5-7-9)11(12(14,15)16)17-10-2-1-3-10/h4-7,10-11,17H,1-3H2. The van der Waals surface area contributed by atoms with E-state index >= 15 is 0 Å². The second-order valence-electron chi connectivity index (χ2n) is 4.32. The van der Waals surface area contributed by atoms with E-state index in [0.29, 0.717) is 0 Å². The Labute approximate surface area is 107 Å².